The Morgan fingerprint density at radius 2 is 2.00 bits per heavy atom. The zero-order chi connectivity index (χ0) is 9.14. The molecule has 12 heavy (non-hydrogen) atoms. The van der Waals surface area contributed by atoms with E-state index in [0.29, 0.717) is 5.56 Å². The monoisotopic (exact) mass is 169 g/mol. The summed E-state index contributed by atoms with van der Waals surface area (Å²) in [4.78, 5) is 0. The number of nitrogens with two attached hydrogens (primary N) is 1. The van der Waals surface area contributed by atoms with Crippen molar-refractivity contribution in [1.29, 1.82) is 0 Å². The minimum absolute atomic E-state index is 0.226. The number of hydrogen-bond acceptors (Lipinski definition) is 4. The molecule has 0 aliphatic heterocycles. The second-order valence-electron chi connectivity index (χ2n) is 2.50. The third-order valence-electron chi connectivity index (χ3n) is 1.64. The van der Waals surface area contributed by atoms with Crippen molar-refractivity contribution in [3.63, 3.8) is 0 Å². The van der Waals surface area contributed by atoms with Crippen molar-refractivity contribution in [3.8, 4) is 11.5 Å². The molecule has 0 amide bonds. The van der Waals surface area contributed by atoms with Crippen LogP contribution in [-0.4, -0.2) is 21.9 Å². The smallest absolute Gasteiger partial charge is 0.162 e. The maximum atomic E-state index is 9.26. The molecular weight excluding hydrogens is 158 g/mol. The van der Waals surface area contributed by atoms with Gasteiger partial charge in [-0.15, -0.1) is 0 Å². The van der Waals surface area contributed by atoms with E-state index in [2.05, 4.69) is 0 Å². The van der Waals surface area contributed by atoms with Crippen LogP contribution in [0.4, 0.5) is 0 Å². The lowest BCUT2D eigenvalue weighted by atomic mass is 10.1. The van der Waals surface area contributed by atoms with Crippen LogP contribution in [-0.2, 0) is 0 Å². The van der Waals surface area contributed by atoms with Crippen LogP contribution in [0.25, 0.3) is 0 Å². The first-order valence-corrected chi connectivity index (χ1v) is 3.54. The Hall–Kier alpha value is -1.26. The summed E-state index contributed by atoms with van der Waals surface area (Å²) in [6.45, 7) is -0.267. The second-order valence-corrected chi connectivity index (χ2v) is 2.50. The van der Waals surface area contributed by atoms with Gasteiger partial charge in [-0.25, -0.2) is 0 Å². The minimum atomic E-state index is -0.655. The largest absolute Gasteiger partial charge is 0.504 e. The van der Waals surface area contributed by atoms with Crippen LogP contribution in [0.3, 0.4) is 0 Å². The standard InChI is InChI=1S/C8H11NO3/c9-6(4-10)5-2-1-3-7(11)8(5)12/h1-3,6,10-12H,4,9H2/t6-/m1/s1. The van der Waals surface area contributed by atoms with E-state index in [0.717, 1.165) is 0 Å². The number of aliphatic hydroxyl groups excluding tert-OH is 1. The van der Waals surface area contributed by atoms with Crippen LogP contribution in [0, 0.1) is 0 Å². The molecule has 1 atom stereocenters. The Kier molecular flexibility index (Phi) is 2.52. The Balaban J connectivity index is 3.07. The predicted octanol–water partition coefficient (Wildman–Crippen LogP) is 0.0899. The van der Waals surface area contributed by atoms with Gasteiger partial charge in [-0.05, 0) is 6.07 Å². The third-order valence-corrected chi connectivity index (χ3v) is 1.64. The molecule has 1 aromatic rings. The zero-order valence-corrected chi connectivity index (χ0v) is 6.44. The Bertz CT molecular complexity index is 275. The van der Waals surface area contributed by atoms with Gasteiger partial charge in [0.1, 0.15) is 0 Å². The maximum Gasteiger partial charge on any atom is 0.162 e. The first-order chi connectivity index (χ1) is 5.66. The molecule has 0 radical (unpaired) electrons. The number of phenolic OH excluding ortho intramolecular Hbond substituents is 2. The number of phenols is 2. The minimum Gasteiger partial charge on any atom is -0.504 e. The third kappa shape index (κ3) is 1.49. The molecule has 5 N–H and O–H groups in total. The molecular formula is C8H11NO3. The van der Waals surface area contributed by atoms with Gasteiger partial charge in [-0.3, -0.25) is 0 Å². The molecule has 4 heteroatoms. The lowest BCUT2D eigenvalue weighted by Crippen LogP contribution is -2.14. The fraction of sp³-hybridized carbons (Fsp3) is 0.250. The highest BCUT2D eigenvalue weighted by molar-refractivity contribution is 5.45. The molecule has 0 aromatic heterocycles. The van der Waals surface area contributed by atoms with Crippen LogP contribution >= 0.6 is 0 Å². The van der Waals surface area contributed by atoms with Crippen LogP contribution < -0.4 is 5.73 Å². The van der Waals surface area contributed by atoms with Gasteiger partial charge in [-0.2, -0.15) is 0 Å². The molecule has 1 rings (SSSR count). The van der Waals surface area contributed by atoms with E-state index in [-0.39, 0.29) is 18.1 Å². The molecule has 0 spiro atoms. The lowest BCUT2D eigenvalue weighted by Gasteiger charge is -2.10. The highest BCUT2D eigenvalue weighted by atomic mass is 16.3. The van der Waals surface area contributed by atoms with Crippen LogP contribution in [0.1, 0.15) is 11.6 Å². The van der Waals surface area contributed by atoms with Gasteiger partial charge in [0.2, 0.25) is 0 Å². The number of benzene rings is 1. The Morgan fingerprint density at radius 3 is 2.58 bits per heavy atom. The molecule has 0 bridgehead atoms. The summed E-state index contributed by atoms with van der Waals surface area (Å²) in [6, 6.07) is 3.80. The highest BCUT2D eigenvalue weighted by Crippen LogP contribution is 2.31. The highest BCUT2D eigenvalue weighted by Gasteiger charge is 2.11. The molecule has 4 nitrogen and oxygen atoms in total. The maximum absolute atomic E-state index is 9.26. The summed E-state index contributed by atoms with van der Waals surface area (Å²) >= 11 is 0. The molecule has 66 valence electrons. The van der Waals surface area contributed by atoms with Crippen LogP contribution in [0.5, 0.6) is 11.5 Å². The van der Waals surface area contributed by atoms with Gasteiger partial charge >= 0.3 is 0 Å². The lowest BCUT2D eigenvalue weighted by molar-refractivity contribution is 0.264. The SMILES string of the molecule is N[C@H](CO)c1cccc(O)c1O. The number of para-hydroxylation sites is 1. The van der Waals surface area contributed by atoms with Crippen molar-refractivity contribution < 1.29 is 15.3 Å². The first-order valence-electron chi connectivity index (χ1n) is 3.54. The quantitative estimate of drug-likeness (QED) is 0.472. The molecule has 0 aliphatic carbocycles. The van der Waals surface area contributed by atoms with Crippen molar-refractivity contribution in [2.45, 2.75) is 6.04 Å². The van der Waals surface area contributed by atoms with E-state index >= 15 is 0 Å². The molecule has 0 heterocycles. The number of hydrogen-bond donors (Lipinski definition) is 4. The van der Waals surface area contributed by atoms with E-state index in [4.69, 9.17) is 15.9 Å². The summed E-state index contributed by atoms with van der Waals surface area (Å²) < 4.78 is 0. The van der Waals surface area contributed by atoms with E-state index in [1.165, 1.54) is 6.07 Å². The molecule has 0 saturated heterocycles. The van der Waals surface area contributed by atoms with Crippen molar-refractivity contribution in [2.75, 3.05) is 6.61 Å². The summed E-state index contributed by atoms with van der Waals surface area (Å²) in [6.07, 6.45) is 0. The first kappa shape index (κ1) is 8.83. The number of aromatic hydroxyl groups is 2. The van der Waals surface area contributed by atoms with Gasteiger partial charge in [0.25, 0.3) is 0 Å². The fourth-order valence-corrected chi connectivity index (χ4v) is 0.946. The molecule has 1 aromatic carbocycles. The number of rotatable bonds is 2. The predicted molar refractivity (Wildman–Crippen MR) is 43.8 cm³/mol. The molecule has 0 aliphatic rings. The molecule has 0 saturated carbocycles. The van der Waals surface area contributed by atoms with Gasteiger partial charge in [-0.1, -0.05) is 12.1 Å². The van der Waals surface area contributed by atoms with E-state index < -0.39 is 6.04 Å². The van der Waals surface area contributed by atoms with Gasteiger partial charge in [0.15, 0.2) is 11.5 Å². The average molecular weight is 169 g/mol. The fourth-order valence-electron chi connectivity index (χ4n) is 0.946. The van der Waals surface area contributed by atoms with Gasteiger partial charge in [0, 0.05) is 5.56 Å². The van der Waals surface area contributed by atoms with Crippen molar-refractivity contribution >= 4 is 0 Å². The van der Waals surface area contributed by atoms with Crippen molar-refractivity contribution in [3.05, 3.63) is 23.8 Å². The van der Waals surface area contributed by atoms with Crippen molar-refractivity contribution in [2.24, 2.45) is 5.73 Å². The van der Waals surface area contributed by atoms with E-state index in [9.17, 15) is 5.11 Å². The second kappa shape index (κ2) is 3.42. The summed E-state index contributed by atoms with van der Waals surface area (Å²) in [5.41, 5.74) is 5.79. The van der Waals surface area contributed by atoms with E-state index in [1.54, 1.807) is 12.1 Å². The molecule has 0 fully saturated rings. The summed E-state index contributed by atoms with van der Waals surface area (Å²) in [5.74, 6) is -0.490. The zero-order valence-electron chi connectivity index (χ0n) is 6.44. The van der Waals surface area contributed by atoms with Gasteiger partial charge < -0.3 is 21.1 Å². The average Bonchev–Trinajstić information content (AvgIpc) is 2.08. The van der Waals surface area contributed by atoms with Crippen molar-refractivity contribution in [1.82, 2.24) is 0 Å². The Labute approximate surface area is 69.9 Å². The number of aliphatic hydroxyl groups is 1. The normalized spacial score (nSPS) is 12.8. The summed E-state index contributed by atoms with van der Waals surface area (Å²) in [5, 5.41) is 27.0. The van der Waals surface area contributed by atoms with Gasteiger partial charge in [0.05, 0.1) is 12.6 Å². The molecule has 0 unspecified atom stereocenters. The van der Waals surface area contributed by atoms with Crippen LogP contribution in [0.15, 0.2) is 18.2 Å². The van der Waals surface area contributed by atoms with E-state index in [1.807, 2.05) is 0 Å². The summed E-state index contributed by atoms with van der Waals surface area (Å²) in [7, 11) is 0. The topological polar surface area (TPSA) is 86.7 Å². The van der Waals surface area contributed by atoms with Crippen LogP contribution in [0.2, 0.25) is 0 Å². The Morgan fingerprint density at radius 1 is 1.33 bits per heavy atom.